The predicted molar refractivity (Wildman–Crippen MR) is 74.5 cm³/mol. The van der Waals surface area contributed by atoms with Crippen molar-refractivity contribution in [2.75, 3.05) is 12.5 Å². The Morgan fingerprint density at radius 3 is 2.72 bits per heavy atom. The van der Waals surface area contributed by atoms with E-state index in [0.29, 0.717) is 25.3 Å². The van der Waals surface area contributed by atoms with Gasteiger partial charge in [-0.2, -0.15) is 0 Å². The van der Waals surface area contributed by atoms with Gasteiger partial charge in [0.05, 0.1) is 6.61 Å². The molecule has 0 saturated heterocycles. The summed E-state index contributed by atoms with van der Waals surface area (Å²) in [5.41, 5.74) is 1.14. The van der Waals surface area contributed by atoms with E-state index in [1.165, 1.54) is 0 Å². The highest BCUT2D eigenvalue weighted by atomic mass is 35.5. The van der Waals surface area contributed by atoms with Gasteiger partial charge in [-0.3, -0.25) is 0 Å². The van der Waals surface area contributed by atoms with Gasteiger partial charge < -0.3 is 10.1 Å². The molecule has 3 nitrogen and oxygen atoms in total. The lowest BCUT2D eigenvalue weighted by Gasteiger charge is -2.28. The molecule has 1 aliphatic heterocycles. The fourth-order valence-electron chi connectivity index (χ4n) is 2.18. The molecule has 0 aromatic carbocycles. The molecule has 0 fully saturated rings. The van der Waals surface area contributed by atoms with Crippen LogP contribution in [0.15, 0.2) is 36.6 Å². The van der Waals surface area contributed by atoms with E-state index in [0.717, 1.165) is 17.7 Å². The Morgan fingerprint density at radius 1 is 1.56 bits per heavy atom. The number of esters is 1. The van der Waals surface area contributed by atoms with Gasteiger partial charge >= 0.3 is 5.97 Å². The van der Waals surface area contributed by atoms with Gasteiger partial charge in [0.15, 0.2) is 0 Å². The minimum Gasteiger partial charge on any atom is -0.464 e. The summed E-state index contributed by atoms with van der Waals surface area (Å²) in [5, 5.41) is 3.23. The number of allylic oxidation sites excluding steroid dienone is 2. The van der Waals surface area contributed by atoms with Gasteiger partial charge in [-0.05, 0) is 31.4 Å². The van der Waals surface area contributed by atoms with Crippen LogP contribution in [0.3, 0.4) is 0 Å². The smallest absolute Gasteiger partial charge is 0.332 e. The summed E-state index contributed by atoms with van der Waals surface area (Å²) in [5.74, 6) is 0.293. The number of alkyl halides is 1. The van der Waals surface area contributed by atoms with Crippen LogP contribution in [0, 0.1) is 0 Å². The SMILES string of the molecule is C=CC1=C(C=C)NC(CCCCl)(C(=O)OCC)C1. The zero-order chi connectivity index (χ0) is 13.6. The molecule has 1 atom stereocenters. The van der Waals surface area contributed by atoms with Crippen LogP contribution < -0.4 is 5.32 Å². The van der Waals surface area contributed by atoms with E-state index in [2.05, 4.69) is 18.5 Å². The Labute approximate surface area is 114 Å². The Kier molecular flexibility index (Phi) is 5.48. The highest BCUT2D eigenvalue weighted by molar-refractivity contribution is 6.17. The molecule has 1 aliphatic rings. The summed E-state index contributed by atoms with van der Waals surface area (Å²) in [6.07, 6.45) is 5.43. The fraction of sp³-hybridized carbons (Fsp3) is 0.500. The Morgan fingerprint density at radius 2 is 2.28 bits per heavy atom. The van der Waals surface area contributed by atoms with Crippen LogP contribution in [0.2, 0.25) is 0 Å². The molecule has 1 rings (SSSR count). The third-order valence-corrected chi connectivity index (χ3v) is 3.33. The summed E-state index contributed by atoms with van der Waals surface area (Å²) in [4.78, 5) is 12.2. The minimum atomic E-state index is -0.710. The average Bonchev–Trinajstić information content (AvgIpc) is 2.76. The zero-order valence-electron chi connectivity index (χ0n) is 10.8. The van der Waals surface area contributed by atoms with Crippen molar-refractivity contribution in [3.8, 4) is 0 Å². The minimum absolute atomic E-state index is 0.230. The molecule has 0 radical (unpaired) electrons. The Balaban J connectivity index is 2.93. The Bertz CT molecular complexity index is 354. The van der Waals surface area contributed by atoms with Crippen LogP contribution in [0.5, 0.6) is 0 Å². The average molecular weight is 270 g/mol. The maximum absolute atomic E-state index is 12.2. The highest BCUT2D eigenvalue weighted by Gasteiger charge is 2.44. The number of carbonyl (C=O) groups is 1. The van der Waals surface area contributed by atoms with Crippen molar-refractivity contribution in [1.82, 2.24) is 5.32 Å². The second-order valence-corrected chi connectivity index (χ2v) is 4.62. The molecule has 100 valence electrons. The molecule has 4 heteroatoms. The van der Waals surface area contributed by atoms with Crippen molar-refractivity contribution in [3.05, 3.63) is 36.6 Å². The van der Waals surface area contributed by atoms with E-state index in [4.69, 9.17) is 16.3 Å². The van der Waals surface area contributed by atoms with Crippen LogP contribution in [-0.2, 0) is 9.53 Å². The molecular formula is C14H20ClNO2. The molecule has 1 N–H and O–H groups in total. The largest absolute Gasteiger partial charge is 0.464 e. The van der Waals surface area contributed by atoms with Crippen molar-refractivity contribution < 1.29 is 9.53 Å². The van der Waals surface area contributed by atoms with Crippen molar-refractivity contribution in [3.63, 3.8) is 0 Å². The van der Waals surface area contributed by atoms with E-state index in [1.54, 1.807) is 19.1 Å². The molecule has 1 unspecified atom stereocenters. The van der Waals surface area contributed by atoms with Crippen molar-refractivity contribution in [1.29, 1.82) is 0 Å². The standard InChI is InChI=1S/C14H20ClNO2/c1-4-11-10-14(8-7-9-15,13(17)18-6-3)16-12(11)5-2/h4-5,16H,1-2,6-10H2,3H3. The fourth-order valence-corrected chi connectivity index (χ4v) is 2.31. The lowest BCUT2D eigenvalue weighted by Crippen LogP contribution is -2.49. The van der Waals surface area contributed by atoms with Crippen LogP contribution in [0.25, 0.3) is 0 Å². The van der Waals surface area contributed by atoms with Crippen molar-refractivity contribution >= 4 is 17.6 Å². The van der Waals surface area contributed by atoms with Gasteiger partial charge in [-0.1, -0.05) is 19.2 Å². The van der Waals surface area contributed by atoms with Crippen LogP contribution >= 0.6 is 11.6 Å². The lowest BCUT2D eigenvalue weighted by molar-refractivity contribution is -0.150. The maximum atomic E-state index is 12.2. The van der Waals surface area contributed by atoms with Gasteiger partial charge in [0, 0.05) is 18.0 Å². The summed E-state index contributed by atoms with van der Waals surface area (Å²) >= 11 is 5.73. The van der Waals surface area contributed by atoms with Crippen LogP contribution in [0.1, 0.15) is 26.2 Å². The first-order valence-electron chi connectivity index (χ1n) is 6.13. The van der Waals surface area contributed by atoms with E-state index in [9.17, 15) is 4.79 Å². The van der Waals surface area contributed by atoms with Crippen molar-refractivity contribution in [2.45, 2.75) is 31.7 Å². The number of halogens is 1. The lowest BCUT2D eigenvalue weighted by atomic mass is 9.89. The Hall–Kier alpha value is -1.22. The highest BCUT2D eigenvalue weighted by Crippen LogP contribution is 2.33. The van der Waals surface area contributed by atoms with Crippen LogP contribution in [-0.4, -0.2) is 24.0 Å². The predicted octanol–water partition coefficient (Wildman–Crippen LogP) is 2.93. The van der Waals surface area contributed by atoms with E-state index < -0.39 is 5.54 Å². The first-order chi connectivity index (χ1) is 8.63. The summed E-state index contributed by atoms with van der Waals surface area (Å²) in [6, 6.07) is 0. The van der Waals surface area contributed by atoms with E-state index >= 15 is 0 Å². The van der Waals surface area contributed by atoms with Gasteiger partial charge in [0.2, 0.25) is 0 Å². The molecule has 0 amide bonds. The topological polar surface area (TPSA) is 38.3 Å². The normalized spacial score (nSPS) is 22.6. The molecular weight excluding hydrogens is 250 g/mol. The molecule has 0 aromatic rings. The van der Waals surface area contributed by atoms with Crippen LogP contribution in [0.4, 0.5) is 0 Å². The number of rotatable bonds is 7. The monoisotopic (exact) mass is 269 g/mol. The molecule has 1 heterocycles. The maximum Gasteiger partial charge on any atom is 0.332 e. The quantitative estimate of drug-likeness (QED) is 0.570. The van der Waals surface area contributed by atoms with E-state index in [1.807, 2.05) is 0 Å². The number of nitrogens with one attached hydrogen (secondary N) is 1. The number of hydrogen-bond acceptors (Lipinski definition) is 3. The first kappa shape index (κ1) is 14.8. The number of ether oxygens (including phenoxy) is 1. The summed E-state index contributed by atoms with van der Waals surface area (Å²) in [7, 11) is 0. The zero-order valence-corrected chi connectivity index (χ0v) is 11.6. The molecule has 0 aliphatic carbocycles. The van der Waals surface area contributed by atoms with Gasteiger partial charge in [0.1, 0.15) is 5.54 Å². The summed E-state index contributed by atoms with van der Waals surface area (Å²) in [6.45, 7) is 9.69. The molecule has 0 saturated carbocycles. The second kappa shape index (κ2) is 6.64. The first-order valence-corrected chi connectivity index (χ1v) is 6.66. The van der Waals surface area contributed by atoms with Gasteiger partial charge in [-0.15, -0.1) is 11.6 Å². The van der Waals surface area contributed by atoms with Gasteiger partial charge in [0.25, 0.3) is 0 Å². The van der Waals surface area contributed by atoms with Crippen molar-refractivity contribution in [2.24, 2.45) is 0 Å². The second-order valence-electron chi connectivity index (χ2n) is 4.24. The number of hydrogen-bond donors (Lipinski definition) is 1. The van der Waals surface area contributed by atoms with Gasteiger partial charge in [-0.25, -0.2) is 4.79 Å². The molecule has 18 heavy (non-hydrogen) atoms. The molecule has 0 spiro atoms. The number of carbonyl (C=O) groups excluding carboxylic acids is 1. The molecule has 0 aromatic heterocycles. The summed E-state index contributed by atoms with van der Waals surface area (Å²) < 4.78 is 5.17. The third kappa shape index (κ3) is 2.96. The third-order valence-electron chi connectivity index (χ3n) is 3.07. The molecule has 0 bridgehead atoms. The van der Waals surface area contributed by atoms with E-state index in [-0.39, 0.29) is 5.97 Å².